The van der Waals surface area contributed by atoms with Crippen LogP contribution in [0.5, 0.6) is 0 Å². The Kier molecular flexibility index (Phi) is 4.26. The standard InChI is InChI=1S/C14H23N3S/c1-2-4-6-11(5-3-1)14-17-16-13(18-14)9-10-15-12-7-8-12/h11-12,15H,1-10H2. The topological polar surface area (TPSA) is 37.8 Å². The number of aromatic nitrogens is 2. The van der Waals surface area contributed by atoms with E-state index in [0.717, 1.165) is 19.0 Å². The summed E-state index contributed by atoms with van der Waals surface area (Å²) in [5.74, 6) is 0.704. The third-order valence-electron chi connectivity index (χ3n) is 4.04. The van der Waals surface area contributed by atoms with Gasteiger partial charge >= 0.3 is 0 Å². The maximum absolute atomic E-state index is 4.44. The second-order valence-corrected chi connectivity index (χ2v) is 6.79. The summed E-state index contributed by atoms with van der Waals surface area (Å²) in [5, 5.41) is 14.9. The lowest BCUT2D eigenvalue weighted by molar-refractivity contribution is 0.583. The molecule has 0 radical (unpaired) electrons. The third kappa shape index (κ3) is 3.51. The second-order valence-electron chi connectivity index (χ2n) is 5.70. The molecule has 4 heteroatoms. The quantitative estimate of drug-likeness (QED) is 0.830. The van der Waals surface area contributed by atoms with Gasteiger partial charge in [0, 0.05) is 24.9 Å². The molecular formula is C14H23N3S. The zero-order chi connectivity index (χ0) is 12.2. The third-order valence-corrected chi connectivity index (χ3v) is 5.18. The molecule has 100 valence electrons. The fourth-order valence-electron chi connectivity index (χ4n) is 2.73. The van der Waals surface area contributed by atoms with Crippen LogP contribution in [0.3, 0.4) is 0 Å². The lowest BCUT2D eigenvalue weighted by atomic mass is 10.0. The van der Waals surface area contributed by atoms with Gasteiger partial charge in [-0.15, -0.1) is 21.5 Å². The molecule has 3 rings (SSSR count). The number of nitrogens with one attached hydrogen (secondary N) is 1. The van der Waals surface area contributed by atoms with Gasteiger partial charge < -0.3 is 5.32 Å². The average molecular weight is 265 g/mol. The van der Waals surface area contributed by atoms with Crippen LogP contribution in [0.2, 0.25) is 0 Å². The van der Waals surface area contributed by atoms with Gasteiger partial charge in [0.2, 0.25) is 0 Å². The fourth-order valence-corrected chi connectivity index (χ4v) is 3.74. The van der Waals surface area contributed by atoms with Crippen LogP contribution in [0.25, 0.3) is 0 Å². The molecule has 0 aliphatic heterocycles. The first-order valence-electron chi connectivity index (χ1n) is 7.47. The number of nitrogens with zero attached hydrogens (tertiary/aromatic N) is 2. The second kappa shape index (κ2) is 6.11. The molecule has 0 spiro atoms. The van der Waals surface area contributed by atoms with Crippen LogP contribution in [0.4, 0.5) is 0 Å². The number of rotatable bonds is 5. The van der Waals surface area contributed by atoms with Crippen LogP contribution >= 0.6 is 11.3 Å². The van der Waals surface area contributed by atoms with Crippen LogP contribution in [0.1, 0.15) is 67.3 Å². The van der Waals surface area contributed by atoms with Gasteiger partial charge in [0.25, 0.3) is 0 Å². The molecule has 1 aromatic rings. The van der Waals surface area contributed by atoms with Gasteiger partial charge in [-0.2, -0.15) is 0 Å². The highest BCUT2D eigenvalue weighted by molar-refractivity contribution is 7.11. The lowest BCUT2D eigenvalue weighted by Gasteiger charge is -2.08. The molecule has 2 aliphatic rings. The summed E-state index contributed by atoms with van der Waals surface area (Å²) >= 11 is 1.86. The molecule has 0 unspecified atom stereocenters. The first-order valence-corrected chi connectivity index (χ1v) is 8.29. The van der Waals surface area contributed by atoms with E-state index in [9.17, 15) is 0 Å². The van der Waals surface area contributed by atoms with E-state index < -0.39 is 0 Å². The van der Waals surface area contributed by atoms with E-state index in [4.69, 9.17) is 0 Å². The molecule has 2 fully saturated rings. The van der Waals surface area contributed by atoms with E-state index in [1.54, 1.807) is 0 Å². The molecule has 3 nitrogen and oxygen atoms in total. The van der Waals surface area contributed by atoms with Crippen LogP contribution in [0, 0.1) is 0 Å². The van der Waals surface area contributed by atoms with Crippen molar-refractivity contribution in [3.8, 4) is 0 Å². The summed E-state index contributed by atoms with van der Waals surface area (Å²) in [6.45, 7) is 1.07. The molecule has 0 saturated heterocycles. The number of hydrogen-bond acceptors (Lipinski definition) is 4. The normalized spacial score (nSPS) is 22.0. The molecule has 1 aromatic heterocycles. The van der Waals surface area contributed by atoms with E-state index >= 15 is 0 Å². The summed E-state index contributed by atoms with van der Waals surface area (Å²) in [5.41, 5.74) is 0. The predicted octanol–water partition coefficient (Wildman–Crippen LogP) is 3.27. The Hall–Kier alpha value is -0.480. The van der Waals surface area contributed by atoms with Crippen molar-refractivity contribution in [3.63, 3.8) is 0 Å². The van der Waals surface area contributed by atoms with E-state index in [1.807, 2.05) is 11.3 Å². The first kappa shape index (κ1) is 12.5. The van der Waals surface area contributed by atoms with Crippen LogP contribution in [-0.4, -0.2) is 22.8 Å². The minimum Gasteiger partial charge on any atom is -0.314 e. The van der Waals surface area contributed by atoms with Crippen molar-refractivity contribution in [2.75, 3.05) is 6.54 Å². The van der Waals surface area contributed by atoms with Crippen LogP contribution in [-0.2, 0) is 6.42 Å². The maximum Gasteiger partial charge on any atom is 0.120 e. The van der Waals surface area contributed by atoms with E-state index in [-0.39, 0.29) is 0 Å². The van der Waals surface area contributed by atoms with Gasteiger partial charge in [-0.25, -0.2) is 0 Å². The molecular weight excluding hydrogens is 242 g/mol. The molecule has 18 heavy (non-hydrogen) atoms. The van der Waals surface area contributed by atoms with Crippen molar-refractivity contribution < 1.29 is 0 Å². The van der Waals surface area contributed by atoms with Crippen molar-refractivity contribution in [2.24, 2.45) is 0 Å². The molecule has 1 heterocycles. The largest absolute Gasteiger partial charge is 0.314 e. The minimum atomic E-state index is 0.704. The Morgan fingerprint density at radius 1 is 1.00 bits per heavy atom. The molecule has 2 saturated carbocycles. The highest BCUT2D eigenvalue weighted by Crippen LogP contribution is 2.33. The molecule has 0 aromatic carbocycles. The van der Waals surface area contributed by atoms with Gasteiger partial charge in [0.05, 0.1) is 0 Å². The fraction of sp³-hybridized carbons (Fsp3) is 0.857. The Bertz CT molecular complexity index is 365. The smallest absolute Gasteiger partial charge is 0.120 e. The lowest BCUT2D eigenvalue weighted by Crippen LogP contribution is -2.19. The van der Waals surface area contributed by atoms with Gasteiger partial charge in [-0.3, -0.25) is 0 Å². The Labute approximate surface area is 113 Å². The zero-order valence-electron chi connectivity index (χ0n) is 11.0. The molecule has 0 bridgehead atoms. The van der Waals surface area contributed by atoms with Gasteiger partial charge in [-0.05, 0) is 25.7 Å². The summed E-state index contributed by atoms with van der Waals surface area (Å²) in [7, 11) is 0. The van der Waals surface area contributed by atoms with Crippen molar-refractivity contribution in [2.45, 2.75) is 69.7 Å². The Morgan fingerprint density at radius 2 is 1.78 bits per heavy atom. The van der Waals surface area contributed by atoms with E-state index in [1.165, 1.54) is 61.4 Å². The Balaban J connectivity index is 1.50. The van der Waals surface area contributed by atoms with Crippen molar-refractivity contribution in [1.82, 2.24) is 15.5 Å². The maximum atomic E-state index is 4.44. The summed E-state index contributed by atoms with van der Waals surface area (Å²) in [6.07, 6.45) is 12.0. The van der Waals surface area contributed by atoms with Gasteiger partial charge in [0.15, 0.2) is 0 Å². The highest BCUT2D eigenvalue weighted by Gasteiger charge is 2.21. The first-order chi connectivity index (χ1) is 8.92. The Morgan fingerprint density at radius 3 is 2.50 bits per heavy atom. The van der Waals surface area contributed by atoms with E-state index in [0.29, 0.717) is 5.92 Å². The summed E-state index contributed by atoms with van der Waals surface area (Å²) in [6, 6.07) is 0.805. The number of hydrogen-bond donors (Lipinski definition) is 1. The molecule has 0 amide bonds. The monoisotopic (exact) mass is 265 g/mol. The molecule has 2 aliphatic carbocycles. The highest BCUT2D eigenvalue weighted by atomic mass is 32.1. The zero-order valence-corrected chi connectivity index (χ0v) is 11.8. The minimum absolute atomic E-state index is 0.704. The summed E-state index contributed by atoms with van der Waals surface area (Å²) < 4.78 is 0. The van der Waals surface area contributed by atoms with Crippen molar-refractivity contribution in [3.05, 3.63) is 10.0 Å². The van der Waals surface area contributed by atoms with E-state index in [2.05, 4.69) is 15.5 Å². The molecule has 0 atom stereocenters. The van der Waals surface area contributed by atoms with Crippen LogP contribution in [0.15, 0.2) is 0 Å². The van der Waals surface area contributed by atoms with Gasteiger partial charge in [0.1, 0.15) is 10.0 Å². The van der Waals surface area contributed by atoms with Crippen LogP contribution < -0.4 is 5.32 Å². The molecule has 1 N–H and O–H groups in total. The van der Waals surface area contributed by atoms with Crippen molar-refractivity contribution >= 4 is 11.3 Å². The predicted molar refractivity (Wildman–Crippen MR) is 75.1 cm³/mol. The summed E-state index contributed by atoms with van der Waals surface area (Å²) in [4.78, 5) is 0. The average Bonchev–Trinajstić information content (AvgIpc) is 3.14. The SMILES string of the molecule is C1CCCC(c2nnc(CCNC3CC3)s2)CC1. The van der Waals surface area contributed by atoms with Gasteiger partial charge in [-0.1, -0.05) is 25.7 Å². The van der Waals surface area contributed by atoms with Crippen molar-refractivity contribution in [1.29, 1.82) is 0 Å².